The van der Waals surface area contributed by atoms with Gasteiger partial charge in [-0.2, -0.15) is 0 Å². The van der Waals surface area contributed by atoms with Gasteiger partial charge in [-0.3, -0.25) is 14.5 Å². The van der Waals surface area contributed by atoms with E-state index >= 15 is 0 Å². The first-order valence-electron chi connectivity index (χ1n) is 12.7. The zero-order chi connectivity index (χ0) is 25.8. The van der Waals surface area contributed by atoms with Gasteiger partial charge in [0, 0.05) is 57.2 Å². The summed E-state index contributed by atoms with van der Waals surface area (Å²) in [6.45, 7) is 5.27. The van der Waals surface area contributed by atoms with Crippen LogP contribution >= 0.6 is 0 Å². The summed E-state index contributed by atoms with van der Waals surface area (Å²) in [6.07, 6.45) is 1.96. The summed E-state index contributed by atoms with van der Waals surface area (Å²) in [7, 11) is 0. The molecule has 0 spiro atoms. The van der Waals surface area contributed by atoms with Crippen molar-refractivity contribution < 1.29 is 18.4 Å². The largest absolute Gasteiger partial charge is 0.368 e. The number of anilines is 2. The number of nitrogens with zero attached hydrogens (tertiary/aromatic N) is 3. The summed E-state index contributed by atoms with van der Waals surface area (Å²) in [4.78, 5) is 32.5. The number of hydrogen-bond donors (Lipinski definition) is 1. The molecule has 37 heavy (non-hydrogen) atoms. The van der Waals surface area contributed by atoms with E-state index in [1.54, 1.807) is 18.2 Å². The van der Waals surface area contributed by atoms with Gasteiger partial charge in [-0.05, 0) is 60.9 Å². The van der Waals surface area contributed by atoms with Gasteiger partial charge in [0.1, 0.15) is 11.6 Å². The van der Waals surface area contributed by atoms with E-state index in [0.717, 1.165) is 69.9 Å². The molecule has 0 atom stereocenters. The molecule has 2 saturated heterocycles. The maximum Gasteiger partial charge on any atom is 0.258 e. The minimum absolute atomic E-state index is 0.0451. The second-order valence-electron chi connectivity index (χ2n) is 9.55. The number of halogens is 2. The minimum Gasteiger partial charge on any atom is -0.368 e. The van der Waals surface area contributed by atoms with Gasteiger partial charge >= 0.3 is 0 Å². The molecule has 0 bridgehead atoms. The fourth-order valence-electron chi connectivity index (χ4n) is 4.99. The second kappa shape index (κ2) is 11.1. The van der Waals surface area contributed by atoms with Crippen LogP contribution in [0.3, 0.4) is 0 Å². The number of hydrogen-bond acceptors (Lipinski definition) is 4. The number of nitrogens with one attached hydrogen (secondary N) is 1. The lowest BCUT2D eigenvalue weighted by Crippen LogP contribution is -2.46. The summed E-state index contributed by atoms with van der Waals surface area (Å²) in [6, 6.07) is 17.7. The van der Waals surface area contributed by atoms with E-state index < -0.39 is 11.7 Å². The molecule has 3 aromatic carbocycles. The third-order valence-corrected chi connectivity index (χ3v) is 7.03. The SMILES string of the molecule is O=C(Nc1ccc(N2CCN(Cc3ccc(F)cc3)CC2)c(C(=O)N2CCCC2)c1)c1ccccc1F. The standard InChI is InChI=1S/C29H30F2N4O2/c30-22-9-7-21(8-10-22)20-33-15-17-34(18-16-33)27-12-11-23(19-25(27)29(37)35-13-3-4-14-35)32-28(36)24-5-1-2-6-26(24)31/h1-2,5-12,19H,3-4,13-18,20H2,(H,32,36). The lowest BCUT2D eigenvalue weighted by Gasteiger charge is -2.37. The van der Waals surface area contributed by atoms with Crippen molar-refractivity contribution in [2.75, 3.05) is 49.5 Å². The first kappa shape index (κ1) is 24.9. The zero-order valence-electron chi connectivity index (χ0n) is 20.6. The van der Waals surface area contributed by atoms with Crippen LogP contribution in [0.5, 0.6) is 0 Å². The van der Waals surface area contributed by atoms with E-state index in [9.17, 15) is 18.4 Å². The Kier molecular flexibility index (Phi) is 7.46. The molecule has 2 fully saturated rings. The number of carbonyl (C=O) groups is 2. The molecule has 2 amide bonds. The molecule has 8 heteroatoms. The first-order chi connectivity index (χ1) is 18.0. The third kappa shape index (κ3) is 5.80. The molecule has 0 unspecified atom stereocenters. The fourth-order valence-corrected chi connectivity index (χ4v) is 4.99. The van der Waals surface area contributed by atoms with E-state index in [2.05, 4.69) is 15.1 Å². The highest BCUT2D eigenvalue weighted by atomic mass is 19.1. The molecule has 0 saturated carbocycles. The molecule has 0 aliphatic carbocycles. The van der Waals surface area contributed by atoms with Crippen LogP contribution in [-0.2, 0) is 6.54 Å². The van der Waals surface area contributed by atoms with Crippen molar-refractivity contribution in [3.63, 3.8) is 0 Å². The van der Waals surface area contributed by atoms with Gasteiger partial charge in [0.05, 0.1) is 11.1 Å². The van der Waals surface area contributed by atoms with Crippen molar-refractivity contribution in [3.8, 4) is 0 Å². The monoisotopic (exact) mass is 504 g/mol. The average molecular weight is 505 g/mol. The van der Waals surface area contributed by atoms with Gasteiger partial charge < -0.3 is 15.1 Å². The van der Waals surface area contributed by atoms with Gasteiger partial charge in [-0.15, -0.1) is 0 Å². The quantitative estimate of drug-likeness (QED) is 0.525. The molecule has 3 aromatic rings. The van der Waals surface area contributed by atoms with Gasteiger partial charge in [0.2, 0.25) is 0 Å². The molecule has 2 aliphatic rings. The van der Waals surface area contributed by atoms with Crippen molar-refractivity contribution in [1.29, 1.82) is 0 Å². The van der Waals surface area contributed by atoms with Crippen molar-refractivity contribution in [2.45, 2.75) is 19.4 Å². The molecule has 2 aliphatic heterocycles. The Labute approximate surface area is 215 Å². The Balaban J connectivity index is 1.33. The normalized spacial score (nSPS) is 16.2. The average Bonchev–Trinajstić information content (AvgIpc) is 3.45. The van der Waals surface area contributed by atoms with Gasteiger partial charge in [-0.1, -0.05) is 24.3 Å². The van der Waals surface area contributed by atoms with E-state index in [1.807, 2.05) is 23.1 Å². The predicted octanol–water partition coefficient (Wildman–Crippen LogP) is 4.78. The summed E-state index contributed by atoms with van der Waals surface area (Å²) < 4.78 is 27.3. The lowest BCUT2D eigenvalue weighted by atomic mass is 10.1. The highest BCUT2D eigenvalue weighted by molar-refractivity contribution is 6.06. The maximum atomic E-state index is 14.1. The number of carbonyl (C=O) groups excluding carboxylic acids is 2. The smallest absolute Gasteiger partial charge is 0.258 e. The number of rotatable bonds is 6. The molecule has 1 N–H and O–H groups in total. The number of benzene rings is 3. The van der Waals surface area contributed by atoms with Crippen molar-refractivity contribution >= 4 is 23.2 Å². The van der Waals surface area contributed by atoms with Crippen LogP contribution in [0.2, 0.25) is 0 Å². The Morgan fingerprint density at radius 3 is 2.19 bits per heavy atom. The summed E-state index contributed by atoms with van der Waals surface area (Å²) >= 11 is 0. The van der Waals surface area contributed by atoms with Crippen molar-refractivity contribution in [2.24, 2.45) is 0 Å². The third-order valence-electron chi connectivity index (χ3n) is 7.03. The zero-order valence-corrected chi connectivity index (χ0v) is 20.6. The van der Waals surface area contributed by atoms with Crippen molar-refractivity contribution in [1.82, 2.24) is 9.80 Å². The molecule has 6 nitrogen and oxygen atoms in total. The van der Waals surface area contributed by atoms with E-state index in [-0.39, 0.29) is 17.3 Å². The Hall–Kier alpha value is -3.78. The van der Waals surface area contributed by atoms with Gasteiger partial charge in [0.15, 0.2) is 0 Å². The van der Waals surface area contributed by atoms with Gasteiger partial charge in [0.25, 0.3) is 11.8 Å². The topological polar surface area (TPSA) is 55.9 Å². The Morgan fingerprint density at radius 2 is 1.49 bits per heavy atom. The van der Waals surface area contributed by atoms with Gasteiger partial charge in [-0.25, -0.2) is 8.78 Å². The molecule has 192 valence electrons. The predicted molar refractivity (Wildman–Crippen MR) is 140 cm³/mol. The van der Waals surface area contributed by atoms with Crippen LogP contribution in [0.25, 0.3) is 0 Å². The highest BCUT2D eigenvalue weighted by Crippen LogP contribution is 2.29. The number of piperazine rings is 1. The summed E-state index contributed by atoms with van der Waals surface area (Å²) in [5, 5.41) is 2.75. The highest BCUT2D eigenvalue weighted by Gasteiger charge is 2.26. The van der Waals surface area contributed by atoms with E-state index in [1.165, 1.54) is 30.3 Å². The van der Waals surface area contributed by atoms with Crippen LogP contribution < -0.4 is 10.2 Å². The van der Waals surface area contributed by atoms with Crippen molar-refractivity contribution in [3.05, 3.63) is 95.1 Å². The molecule has 0 radical (unpaired) electrons. The van der Waals surface area contributed by atoms with Crippen LogP contribution in [0.1, 0.15) is 39.1 Å². The summed E-state index contributed by atoms with van der Waals surface area (Å²) in [5.41, 5.74) is 2.85. The Bertz CT molecular complexity index is 1270. The van der Waals surface area contributed by atoms with E-state index in [4.69, 9.17) is 0 Å². The number of amides is 2. The summed E-state index contributed by atoms with van der Waals surface area (Å²) in [5.74, 6) is -1.44. The first-order valence-corrected chi connectivity index (χ1v) is 12.7. The Morgan fingerprint density at radius 1 is 0.784 bits per heavy atom. The second-order valence-corrected chi connectivity index (χ2v) is 9.55. The molecule has 5 rings (SSSR count). The van der Waals surface area contributed by atoms with Crippen LogP contribution in [0, 0.1) is 11.6 Å². The van der Waals surface area contributed by atoms with E-state index in [0.29, 0.717) is 11.3 Å². The maximum absolute atomic E-state index is 14.1. The fraction of sp³-hybridized carbons (Fsp3) is 0.310. The van der Waals surface area contributed by atoms with Crippen LogP contribution in [0.15, 0.2) is 66.7 Å². The minimum atomic E-state index is -0.594. The van der Waals surface area contributed by atoms with Crippen LogP contribution in [0.4, 0.5) is 20.2 Å². The molecule has 0 aromatic heterocycles. The lowest BCUT2D eigenvalue weighted by molar-refractivity contribution is 0.0792. The number of likely N-dealkylation sites (tertiary alicyclic amines) is 1. The van der Waals surface area contributed by atoms with Crippen LogP contribution in [-0.4, -0.2) is 60.9 Å². The molecular weight excluding hydrogens is 474 g/mol. The molecular formula is C29H30F2N4O2. The molecule has 2 heterocycles.